The molecule has 0 saturated carbocycles. The van der Waals surface area contributed by atoms with E-state index in [1.165, 1.54) is 27.3 Å². The lowest BCUT2D eigenvalue weighted by atomic mass is 9.92. The number of rotatable bonds is 7. The number of thiophene rings is 1. The fraction of sp³-hybridized carbons (Fsp3) is 0. The van der Waals surface area contributed by atoms with E-state index in [9.17, 15) is 0 Å². The number of nitrogens with zero attached hydrogens (tertiary/aromatic N) is 4. The first-order valence-corrected chi connectivity index (χ1v) is 21.7. The average molecular weight is 809 g/mol. The van der Waals surface area contributed by atoms with Crippen molar-refractivity contribution in [2.75, 3.05) is 0 Å². The molecule has 0 spiro atoms. The van der Waals surface area contributed by atoms with Crippen LogP contribution in [0.4, 0.5) is 0 Å². The highest BCUT2D eigenvalue weighted by Gasteiger charge is 2.16. The van der Waals surface area contributed by atoms with Gasteiger partial charge in [-0.2, -0.15) is 0 Å². The Morgan fingerprint density at radius 3 is 1.87 bits per heavy atom. The summed E-state index contributed by atoms with van der Waals surface area (Å²) in [7, 11) is 0. The van der Waals surface area contributed by atoms with E-state index in [-0.39, 0.29) is 0 Å². The molecule has 12 rings (SSSR count). The first-order valence-electron chi connectivity index (χ1n) is 20.8. The third-order valence-electron chi connectivity index (χ3n) is 11.9. The molecule has 0 atom stereocenters. The first kappa shape index (κ1) is 35.9. The van der Waals surface area contributed by atoms with Crippen molar-refractivity contribution in [3.05, 3.63) is 218 Å². The van der Waals surface area contributed by atoms with Crippen molar-refractivity contribution in [2.24, 2.45) is 0 Å². The van der Waals surface area contributed by atoms with Crippen LogP contribution in [0.5, 0.6) is 0 Å². The lowest BCUT2D eigenvalue weighted by Gasteiger charge is -2.14. The minimum Gasteiger partial charge on any atom is -0.316 e. The van der Waals surface area contributed by atoms with Crippen LogP contribution >= 0.6 is 11.3 Å². The first-order chi connectivity index (χ1) is 30.7. The van der Waals surface area contributed by atoms with E-state index in [1.54, 1.807) is 11.3 Å². The Labute approximate surface area is 362 Å². The van der Waals surface area contributed by atoms with Gasteiger partial charge in [-0.15, -0.1) is 11.3 Å². The normalized spacial score (nSPS) is 11.5. The van der Waals surface area contributed by atoms with Crippen molar-refractivity contribution in [3.8, 4) is 72.8 Å². The summed E-state index contributed by atoms with van der Waals surface area (Å²) in [5.74, 6) is 0.699. The quantitative estimate of drug-likeness (QED) is 0.161. The van der Waals surface area contributed by atoms with Crippen molar-refractivity contribution in [3.63, 3.8) is 0 Å². The lowest BCUT2D eigenvalue weighted by Crippen LogP contribution is -1.95. The Hall–Kier alpha value is -7.99. The highest BCUT2D eigenvalue weighted by molar-refractivity contribution is 7.16. The second-order valence-electron chi connectivity index (χ2n) is 15.7. The van der Waals surface area contributed by atoms with Crippen LogP contribution in [0.15, 0.2) is 218 Å². The molecular weight excluding hydrogens is 773 g/mol. The van der Waals surface area contributed by atoms with E-state index in [4.69, 9.17) is 15.0 Å². The van der Waals surface area contributed by atoms with E-state index in [2.05, 4.69) is 204 Å². The Bertz CT molecular complexity index is 3640. The molecule has 290 valence electrons. The summed E-state index contributed by atoms with van der Waals surface area (Å²) in [5.41, 5.74) is 15.3. The molecule has 4 aromatic heterocycles. The maximum atomic E-state index is 5.20. The van der Waals surface area contributed by atoms with Gasteiger partial charge in [0, 0.05) is 50.6 Å². The largest absolute Gasteiger partial charge is 0.316 e. The smallest absolute Gasteiger partial charge is 0.160 e. The van der Waals surface area contributed by atoms with E-state index in [0.717, 1.165) is 82.5 Å². The van der Waals surface area contributed by atoms with E-state index in [1.807, 2.05) is 18.3 Å². The van der Waals surface area contributed by atoms with Gasteiger partial charge in [0.2, 0.25) is 0 Å². The minimum atomic E-state index is 0.699. The number of hydrogen-bond acceptors (Lipinski definition) is 4. The van der Waals surface area contributed by atoms with Crippen LogP contribution in [0, 0.1) is 0 Å². The van der Waals surface area contributed by atoms with Gasteiger partial charge in [0.1, 0.15) is 4.83 Å². The Morgan fingerprint density at radius 2 is 1.05 bits per heavy atom. The molecule has 0 fully saturated rings. The maximum absolute atomic E-state index is 5.20. The molecule has 0 N–H and O–H groups in total. The Morgan fingerprint density at radius 1 is 0.403 bits per heavy atom. The summed E-state index contributed by atoms with van der Waals surface area (Å²) < 4.78 is 2.32. The van der Waals surface area contributed by atoms with E-state index < -0.39 is 0 Å². The highest BCUT2D eigenvalue weighted by atomic mass is 32.1. The summed E-state index contributed by atoms with van der Waals surface area (Å²) in [6.07, 6.45) is 4.20. The fourth-order valence-electron chi connectivity index (χ4n) is 8.90. The van der Waals surface area contributed by atoms with E-state index >= 15 is 0 Å². The van der Waals surface area contributed by atoms with Gasteiger partial charge in [0.25, 0.3) is 0 Å². The monoisotopic (exact) mass is 808 g/mol. The van der Waals surface area contributed by atoms with E-state index in [0.29, 0.717) is 5.82 Å². The third kappa shape index (κ3) is 6.35. The third-order valence-corrected chi connectivity index (χ3v) is 12.8. The molecule has 0 bridgehead atoms. The molecule has 0 aliphatic rings. The van der Waals surface area contributed by atoms with Crippen molar-refractivity contribution in [1.29, 1.82) is 0 Å². The topological polar surface area (TPSA) is 43.6 Å². The molecule has 0 aliphatic heterocycles. The molecule has 0 unspecified atom stereocenters. The standard InChI is InChI=1S/C57H36N4S/c1-3-12-37(13-4-1)48-23-25-54(50-19-8-7-18-49(48)50)61-28-26-41-30-40(22-24-53(41)61)45-33-44(34-46(35-45)47-32-43-27-29-62-57(43)58-36-47)39-16-11-17-42(31-39)56-59-52-21-10-9-20-51(52)55(60-56)38-14-5-2-6-15-38/h1-36H. The summed E-state index contributed by atoms with van der Waals surface area (Å²) in [5, 5.41) is 7.93. The number of benzene rings is 8. The predicted molar refractivity (Wildman–Crippen MR) is 260 cm³/mol. The number of para-hydroxylation sites is 1. The van der Waals surface area contributed by atoms with Gasteiger partial charge in [-0.05, 0) is 116 Å². The molecule has 12 aromatic rings. The fourth-order valence-corrected chi connectivity index (χ4v) is 9.62. The second kappa shape index (κ2) is 14.9. The zero-order chi connectivity index (χ0) is 41.0. The summed E-state index contributed by atoms with van der Waals surface area (Å²) >= 11 is 1.67. The molecule has 8 aromatic carbocycles. The zero-order valence-corrected chi connectivity index (χ0v) is 34.3. The number of aromatic nitrogens is 4. The van der Waals surface area contributed by atoms with Crippen LogP contribution < -0.4 is 0 Å². The molecule has 4 nitrogen and oxygen atoms in total. The van der Waals surface area contributed by atoms with Gasteiger partial charge in [-0.25, -0.2) is 15.0 Å². The predicted octanol–water partition coefficient (Wildman–Crippen LogP) is 15.3. The number of pyridine rings is 1. The van der Waals surface area contributed by atoms with Gasteiger partial charge in [0.05, 0.1) is 22.4 Å². The van der Waals surface area contributed by atoms with Gasteiger partial charge in [0.15, 0.2) is 5.82 Å². The SMILES string of the molecule is c1ccc(-c2nc(-c3cccc(-c4cc(-c5cnc6sccc6c5)cc(-c5ccc6c(ccn6-c6ccc(-c7ccccc7)c7ccccc67)c5)c4)c3)nc3ccccc23)cc1. The zero-order valence-electron chi connectivity index (χ0n) is 33.5. The summed E-state index contributed by atoms with van der Waals surface area (Å²) in [4.78, 5) is 16.2. The van der Waals surface area contributed by atoms with Gasteiger partial charge in [-0.3, -0.25) is 0 Å². The molecule has 5 heteroatoms. The van der Waals surface area contributed by atoms with Crippen molar-refractivity contribution in [2.45, 2.75) is 0 Å². The van der Waals surface area contributed by atoms with Crippen LogP contribution in [0.25, 0.3) is 116 Å². The second-order valence-corrected chi connectivity index (χ2v) is 16.6. The molecule has 62 heavy (non-hydrogen) atoms. The number of fused-ring (bicyclic) bond motifs is 4. The Kier molecular flexibility index (Phi) is 8.65. The van der Waals surface area contributed by atoms with Crippen LogP contribution in [0.3, 0.4) is 0 Å². The van der Waals surface area contributed by atoms with Crippen molar-refractivity contribution in [1.82, 2.24) is 19.5 Å². The minimum absolute atomic E-state index is 0.699. The van der Waals surface area contributed by atoms with Crippen LogP contribution in [0.2, 0.25) is 0 Å². The lowest BCUT2D eigenvalue weighted by molar-refractivity contribution is 1.14. The maximum Gasteiger partial charge on any atom is 0.160 e. The summed E-state index contributed by atoms with van der Waals surface area (Å²) in [6, 6.07) is 71.5. The molecule has 0 amide bonds. The van der Waals surface area contributed by atoms with Crippen LogP contribution in [0.1, 0.15) is 0 Å². The molecule has 0 radical (unpaired) electrons. The van der Waals surface area contributed by atoms with Crippen LogP contribution in [-0.4, -0.2) is 19.5 Å². The average Bonchev–Trinajstić information content (AvgIpc) is 4.01. The molecule has 4 heterocycles. The highest BCUT2D eigenvalue weighted by Crippen LogP contribution is 2.39. The molecule has 0 saturated heterocycles. The number of hydrogen-bond donors (Lipinski definition) is 0. The molecule has 0 aliphatic carbocycles. The van der Waals surface area contributed by atoms with Crippen molar-refractivity contribution < 1.29 is 0 Å². The van der Waals surface area contributed by atoms with Gasteiger partial charge < -0.3 is 4.57 Å². The van der Waals surface area contributed by atoms with Crippen molar-refractivity contribution >= 4 is 54.1 Å². The van der Waals surface area contributed by atoms with Gasteiger partial charge >= 0.3 is 0 Å². The Balaban J connectivity index is 0.976. The van der Waals surface area contributed by atoms with Crippen LogP contribution in [-0.2, 0) is 0 Å². The molecular formula is C57H36N4S. The van der Waals surface area contributed by atoms with Gasteiger partial charge in [-0.1, -0.05) is 133 Å². The summed E-state index contributed by atoms with van der Waals surface area (Å²) in [6.45, 7) is 0.